The van der Waals surface area contributed by atoms with Gasteiger partial charge in [-0.25, -0.2) is 0 Å². The van der Waals surface area contributed by atoms with E-state index in [1.165, 1.54) is 83.5 Å². The summed E-state index contributed by atoms with van der Waals surface area (Å²) in [5.74, 6) is 0.563. The fraction of sp³-hybridized carbons (Fsp3) is 0.875. The second-order valence-corrected chi connectivity index (χ2v) is 9.99. The van der Waals surface area contributed by atoms with Crippen LogP contribution in [0.4, 0.5) is 0 Å². The van der Waals surface area contributed by atoms with Gasteiger partial charge in [-0.3, -0.25) is 0 Å². The summed E-state index contributed by atoms with van der Waals surface area (Å²) in [6.07, 6.45) is 20.6. The number of aryl methyl sites for hydroxylation is 1. The summed E-state index contributed by atoms with van der Waals surface area (Å²) in [5.41, 5.74) is 5.98. The molecule has 1 unspecified atom stereocenters. The van der Waals surface area contributed by atoms with Crippen LogP contribution in [0.5, 0.6) is 0 Å². The third kappa shape index (κ3) is 12.4. The van der Waals surface area contributed by atoms with Crippen LogP contribution in [0.3, 0.4) is 0 Å². The lowest BCUT2D eigenvalue weighted by molar-refractivity contribution is 0.399. The lowest BCUT2D eigenvalue weighted by Gasteiger charge is -2.12. The Labute approximate surface area is 191 Å². The summed E-state index contributed by atoms with van der Waals surface area (Å²) in [6, 6.07) is -0.641. The normalized spacial score (nSPS) is 12.4. The van der Waals surface area contributed by atoms with E-state index in [1.54, 1.807) is 0 Å². The van der Waals surface area contributed by atoms with E-state index in [2.05, 4.69) is 17.1 Å². The summed E-state index contributed by atoms with van der Waals surface area (Å²) >= 11 is 0. The third-order valence-corrected chi connectivity index (χ3v) is 6.69. The Morgan fingerprint density at radius 2 is 1.29 bits per heavy atom. The zero-order chi connectivity index (χ0) is 22.9. The quantitative estimate of drug-likeness (QED) is 0.159. The van der Waals surface area contributed by atoms with Gasteiger partial charge in [0.2, 0.25) is 10.3 Å². The molecule has 180 valence electrons. The molecule has 0 spiro atoms. The van der Waals surface area contributed by atoms with Crippen LogP contribution in [0.15, 0.2) is 4.52 Å². The van der Waals surface area contributed by atoms with Crippen LogP contribution in [0, 0.1) is 5.92 Å². The van der Waals surface area contributed by atoms with Crippen molar-refractivity contribution < 1.29 is 12.9 Å². The van der Waals surface area contributed by atoms with Crippen LogP contribution < -0.4 is 5.73 Å². The van der Waals surface area contributed by atoms with Gasteiger partial charge in [-0.05, 0) is 12.3 Å². The summed E-state index contributed by atoms with van der Waals surface area (Å²) in [7, 11) is -2.46. The number of aromatic nitrogens is 2. The van der Waals surface area contributed by atoms with Gasteiger partial charge in [0.05, 0.1) is 6.04 Å². The predicted molar refractivity (Wildman–Crippen MR) is 129 cm³/mol. The maximum atomic E-state index is 11.5. The molecule has 0 radical (unpaired) electrons. The van der Waals surface area contributed by atoms with Crippen molar-refractivity contribution in [1.29, 1.82) is 0 Å². The van der Waals surface area contributed by atoms with E-state index in [9.17, 15) is 8.42 Å². The van der Waals surface area contributed by atoms with Crippen molar-refractivity contribution in [3.63, 3.8) is 0 Å². The fourth-order valence-electron chi connectivity index (χ4n) is 3.74. The fourth-order valence-corrected chi connectivity index (χ4v) is 4.46. The second kappa shape index (κ2) is 17.4. The minimum Gasteiger partial charge on any atom is -0.333 e. The molecule has 0 amide bonds. The Balaban J connectivity index is 2.07. The molecule has 31 heavy (non-hydrogen) atoms. The van der Waals surface area contributed by atoms with Gasteiger partial charge in [-0.1, -0.05) is 116 Å². The molecule has 0 saturated heterocycles. The molecule has 2 N–H and O–H groups in total. The van der Waals surface area contributed by atoms with E-state index in [0.717, 1.165) is 12.8 Å². The van der Waals surface area contributed by atoms with Crippen LogP contribution in [0.2, 0.25) is 0 Å². The van der Waals surface area contributed by atoms with Crippen molar-refractivity contribution >= 4 is 15.2 Å². The Morgan fingerprint density at radius 1 is 0.839 bits per heavy atom. The Kier molecular flexibility index (Phi) is 15.6. The van der Waals surface area contributed by atoms with Gasteiger partial charge in [0.25, 0.3) is 5.89 Å². The van der Waals surface area contributed by atoms with Gasteiger partial charge >= 0.3 is 0 Å². The molecule has 0 aliphatic carbocycles. The summed E-state index contributed by atoms with van der Waals surface area (Å²) in [6.45, 7) is 6.00. The SMILES string of the molecule is CCCCCCCCCCCCCCCCCc1noc(C(C(N)C(C)C)=S(=O)=O)n1. The van der Waals surface area contributed by atoms with E-state index in [0.29, 0.717) is 12.2 Å². The lowest BCUT2D eigenvalue weighted by Crippen LogP contribution is -2.37. The topological polar surface area (TPSA) is 99.1 Å². The van der Waals surface area contributed by atoms with E-state index in [1.807, 2.05) is 13.8 Å². The maximum Gasteiger partial charge on any atom is 0.271 e. The molecular weight excluding hydrogens is 410 g/mol. The first-order valence-electron chi connectivity index (χ1n) is 12.5. The molecular formula is C24H45N3O3S. The molecule has 0 aliphatic heterocycles. The van der Waals surface area contributed by atoms with Gasteiger partial charge in [0, 0.05) is 6.42 Å². The zero-order valence-electron chi connectivity index (χ0n) is 20.1. The predicted octanol–water partition coefficient (Wildman–Crippen LogP) is 5.87. The molecule has 6 nitrogen and oxygen atoms in total. The molecule has 0 aromatic carbocycles. The lowest BCUT2D eigenvalue weighted by atomic mass is 10.0. The standard InChI is InChI=1S/C24H45N3O3S/c1-4-5-6-7-8-9-10-11-12-13-14-15-16-17-18-19-21-26-24(30-27-21)23(31(28)29)22(25)20(2)3/h20,22H,4-19,25H2,1-3H3. The van der Waals surface area contributed by atoms with Crippen LogP contribution in [0.25, 0.3) is 0 Å². The van der Waals surface area contributed by atoms with E-state index >= 15 is 0 Å². The average Bonchev–Trinajstić information content (AvgIpc) is 3.18. The second-order valence-electron chi connectivity index (χ2n) is 9.08. The highest BCUT2D eigenvalue weighted by Crippen LogP contribution is 2.14. The molecule has 0 fully saturated rings. The summed E-state index contributed by atoms with van der Waals surface area (Å²) in [5, 5.41) is 3.93. The average molecular weight is 456 g/mol. The van der Waals surface area contributed by atoms with Crippen LogP contribution >= 0.6 is 0 Å². The zero-order valence-corrected chi connectivity index (χ0v) is 20.9. The van der Waals surface area contributed by atoms with Crippen molar-refractivity contribution in [3.05, 3.63) is 11.7 Å². The molecule has 0 bridgehead atoms. The molecule has 1 atom stereocenters. The Morgan fingerprint density at radius 3 is 1.71 bits per heavy atom. The van der Waals surface area contributed by atoms with Crippen molar-refractivity contribution in [1.82, 2.24) is 10.1 Å². The first-order valence-corrected chi connectivity index (χ1v) is 13.6. The van der Waals surface area contributed by atoms with Crippen LogP contribution in [-0.2, 0) is 16.7 Å². The van der Waals surface area contributed by atoms with Crippen molar-refractivity contribution in [2.75, 3.05) is 0 Å². The monoisotopic (exact) mass is 455 g/mol. The highest BCUT2D eigenvalue weighted by atomic mass is 32.2. The van der Waals surface area contributed by atoms with Gasteiger partial charge < -0.3 is 10.3 Å². The van der Waals surface area contributed by atoms with E-state index < -0.39 is 16.3 Å². The third-order valence-electron chi connectivity index (χ3n) is 5.88. The Hall–Kier alpha value is -1.21. The highest BCUT2D eigenvalue weighted by Gasteiger charge is 2.24. The van der Waals surface area contributed by atoms with E-state index in [-0.39, 0.29) is 16.7 Å². The first kappa shape index (κ1) is 27.8. The van der Waals surface area contributed by atoms with Crippen LogP contribution in [-0.4, -0.2) is 29.5 Å². The van der Waals surface area contributed by atoms with Crippen LogP contribution in [0.1, 0.15) is 129 Å². The smallest absolute Gasteiger partial charge is 0.271 e. The maximum absolute atomic E-state index is 11.5. The molecule has 1 aromatic heterocycles. The number of hydrogen-bond donors (Lipinski definition) is 1. The first-order chi connectivity index (χ1) is 15.0. The molecule has 0 aliphatic rings. The molecule has 1 aromatic rings. The van der Waals surface area contributed by atoms with Gasteiger partial charge in [0.1, 0.15) is 0 Å². The molecule has 0 saturated carbocycles. The van der Waals surface area contributed by atoms with Crippen molar-refractivity contribution in [2.24, 2.45) is 11.7 Å². The number of nitrogens with two attached hydrogens (primary N) is 1. The van der Waals surface area contributed by atoms with Gasteiger partial charge in [-0.2, -0.15) is 13.4 Å². The molecule has 1 rings (SSSR count). The number of nitrogens with zero attached hydrogens (tertiary/aromatic N) is 2. The Bertz CT molecular complexity index is 705. The van der Waals surface area contributed by atoms with E-state index in [4.69, 9.17) is 10.3 Å². The van der Waals surface area contributed by atoms with Gasteiger partial charge in [-0.15, -0.1) is 0 Å². The van der Waals surface area contributed by atoms with Crippen molar-refractivity contribution in [2.45, 2.75) is 130 Å². The molecule has 7 heteroatoms. The molecule has 1 heterocycles. The minimum absolute atomic E-state index is 0.00485. The number of rotatable bonds is 19. The minimum atomic E-state index is -2.46. The highest BCUT2D eigenvalue weighted by molar-refractivity contribution is 7.73. The summed E-state index contributed by atoms with van der Waals surface area (Å²) < 4.78 is 28.2. The summed E-state index contributed by atoms with van der Waals surface area (Å²) in [4.78, 5) is 4.26. The van der Waals surface area contributed by atoms with Gasteiger partial charge in [0.15, 0.2) is 10.7 Å². The van der Waals surface area contributed by atoms with Crippen molar-refractivity contribution in [3.8, 4) is 0 Å². The number of unbranched alkanes of at least 4 members (excludes halogenated alkanes) is 14. The number of hydrogen-bond acceptors (Lipinski definition) is 6. The largest absolute Gasteiger partial charge is 0.333 e.